The number of halogens is 1. The third-order valence-corrected chi connectivity index (χ3v) is 10.1. The van der Waals surface area contributed by atoms with Crippen LogP contribution < -0.4 is 5.46 Å². The number of para-hydroxylation sites is 2. The molecule has 0 spiro atoms. The molecule has 0 radical (unpaired) electrons. The maximum absolute atomic E-state index is 9.57. The van der Waals surface area contributed by atoms with Gasteiger partial charge >= 0.3 is 7.12 Å². The zero-order valence-corrected chi connectivity index (χ0v) is 28.5. The SMILES string of the molecule is Brc1ccc2c(c1)c1ccccc1n2-c1cccc2ccccc12.OB(O)c1ccc2c(c1)c1ccccc1n2-c1cccc2ccccc12. The first-order valence-corrected chi connectivity index (χ1v) is 17.4. The molecule has 10 rings (SSSR count). The maximum atomic E-state index is 9.57. The van der Waals surface area contributed by atoms with Crippen molar-refractivity contribution in [2.45, 2.75) is 0 Å². The Labute approximate surface area is 297 Å². The van der Waals surface area contributed by atoms with Crippen molar-refractivity contribution in [2.75, 3.05) is 0 Å². The molecule has 0 aliphatic rings. The normalized spacial score (nSPS) is 11.5. The lowest BCUT2D eigenvalue weighted by molar-refractivity contribution is 0.426. The summed E-state index contributed by atoms with van der Waals surface area (Å²) in [6.07, 6.45) is 0. The first-order valence-electron chi connectivity index (χ1n) is 16.6. The molecule has 0 aliphatic carbocycles. The van der Waals surface area contributed by atoms with E-state index < -0.39 is 7.12 Å². The minimum absolute atomic E-state index is 0.498. The lowest BCUT2D eigenvalue weighted by atomic mass is 9.80. The summed E-state index contributed by atoms with van der Waals surface area (Å²) in [7, 11) is -1.47. The van der Waals surface area contributed by atoms with Crippen LogP contribution in [0, 0.1) is 0 Å². The number of fused-ring (bicyclic) bond motifs is 8. The molecule has 0 atom stereocenters. The van der Waals surface area contributed by atoms with Crippen molar-refractivity contribution < 1.29 is 10.0 Å². The van der Waals surface area contributed by atoms with Gasteiger partial charge in [0.15, 0.2) is 0 Å². The van der Waals surface area contributed by atoms with E-state index in [0.29, 0.717) is 5.46 Å². The van der Waals surface area contributed by atoms with Crippen molar-refractivity contribution in [2.24, 2.45) is 0 Å². The molecule has 0 bridgehead atoms. The summed E-state index contributed by atoms with van der Waals surface area (Å²) in [6, 6.07) is 58.7. The predicted octanol–water partition coefficient (Wildman–Crippen LogP) is 10.3. The van der Waals surface area contributed by atoms with Gasteiger partial charge in [0.2, 0.25) is 0 Å². The van der Waals surface area contributed by atoms with E-state index in [1.165, 1.54) is 49.0 Å². The van der Waals surface area contributed by atoms with Gasteiger partial charge in [-0.3, -0.25) is 0 Å². The highest BCUT2D eigenvalue weighted by Gasteiger charge is 2.18. The molecule has 0 unspecified atom stereocenters. The van der Waals surface area contributed by atoms with E-state index in [1.807, 2.05) is 30.3 Å². The third-order valence-electron chi connectivity index (χ3n) is 9.64. The van der Waals surface area contributed by atoms with Crippen LogP contribution in [0.2, 0.25) is 0 Å². The molecule has 2 N–H and O–H groups in total. The molecule has 2 aromatic heterocycles. The van der Waals surface area contributed by atoms with Gasteiger partial charge in [0, 0.05) is 36.8 Å². The molecule has 238 valence electrons. The van der Waals surface area contributed by atoms with Gasteiger partial charge in [-0.2, -0.15) is 0 Å². The Balaban J connectivity index is 0.000000135. The molecular weight excluding hydrogens is 679 g/mol. The van der Waals surface area contributed by atoms with Crippen molar-refractivity contribution in [3.63, 3.8) is 0 Å². The smallest absolute Gasteiger partial charge is 0.423 e. The quantitative estimate of drug-likeness (QED) is 0.180. The van der Waals surface area contributed by atoms with E-state index in [2.05, 4.69) is 159 Å². The third kappa shape index (κ3) is 5.00. The Morgan fingerprint density at radius 1 is 0.380 bits per heavy atom. The topological polar surface area (TPSA) is 50.3 Å². The number of aromatic nitrogens is 2. The lowest BCUT2D eigenvalue weighted by Gasteiger charge is -2.11. The molecule has 2 heterocycles. The highest BCUT2D eigenvalue weighted by Crippen LogP contribution is 2.36. The molecule has 0 saturated heterocycles. The highest BCUT2D eigenvalue weighted by molar-refractivity contribution is 9.10. The largest absolute Gasteiger partial charge is 0.488 e. The van der Waals surface area contributed by atoms with Crippen LogP contribution in [-0.2, 0) is 0 Å². The number of benzene rings is 8. The Kier molecular flexibility index (Phi) is 7.51. The minimum Gasteiger partial charge on any atom is -0.423 e. The van der Waals surface area contributed by atoms with E-state index in [-0.39, 0.29) is 0 Å². The Morgan fingerprint density at radius 2 is 0.800 bits per heavy atom. The van der Waals surface area contributed by atoms with Crippen molar-refractivity contribution >= 4 is 93.7 Å². The molecule has 8 aromatic carbocycles. The van der Waals surface area contributed by atoms with Crippen LogP contribution in [0.15, 0.2) is 174 Å². The Hall–Kier alpha value is -5.66. The van der Waals surface area contributed by atoms with Gasteiger partial charge in [-0.1, -0.05) is 137 Å². The fourth-order valence-electron chi connectivity index (χ4n) is 7.42. The second-order valence-corrected chi connectivity index (χ2v) is 13.4. The Morgan fingerprint density at radius 3 is 1.34 bits per heavy atom. The first-order chi connectivity index (χ1) is 24.6. The number of nitrogens with zero attached hydrogens (tertiary/aromatic N) is 2. The zero-order chi connectivity index (χ0) is 33.8. The molecule has 0 fully saturated rings. The van der Waals surface area contributed by atoms with Crippen LogP contribution in [-0.4, -0.2) is 26.3 Å². The summed E-state index contributed by atoms with van der Waals surface area (Å²) in [6.45, 7) is 0. The van der Waals surface area contributed by atoms with Crippen LogP contribution >= 0.6 is 15.9 Å². The zero-order valence-electron chi connectivity index (χ0n) is 26.9. The van der Waals surface area contributed by atoms with E-state index in [1.54, 1.807) is 6.07 Å². The van der Waals surface area contributed by atoms with Crippen LogP contribution in [0.3, 0.4) is 0 Å². The summed E-state index contributed by atoms with van der Waals surface area (Å²) in [4.78, 5) is 0. The van der Waals surface area contributed by atoms with Crippen molar-refractivity contribution in [1.82, 2.24) is 9.13 Å². The van der Waals surface area contributed by atoms with E-state index >= 15 is 0 Å². The van der Waals surface area contributed by atoms with Gasteiger partial charge in [0.05, 0.1) is 33.4 Å². The minimum atomic E-state index is -1.47. The van der Waals surface area contributed by atoms with Crippen molar-refractivity contribution in [1.29, 1.82) is 0 Å². The molecule has 4 nitrogen and oxygen atoms in total. The van der Waals surface area contributed by atoms with Gasteiger partial charge in [-0.25, -0.2) is 0 Å². The number of hydrogen-bond donors (Lipinski definition) is 2. The molecular formula is C44H30BBrN2O2. The molecule has 6 heteroatoms. The Bertz CT molecular complexity index is 2880. The molecule has 50 heavy (non-hydrogen) atoms. The standard InChI is InChI=1S/C22H16BNO2.C22H14BrN/c25-23(26)16-12-13-22-19(14-16)18-9-3-4-10-21(18)24(22)20-11-5-7-15-6-1-2-8-17(15)20;23-16-12-13-22-19(14-16)18-9-3-4-10-21(18)24(22)20-11-5-7-15-6-1-2-8-17(15)20/h1-14,25-26H;1-14H. The van der Waals surface area contributed by atoms with Gasteiger partial charge in [-0.05, 0) is 64.8 Å². The first kappa shape index (κ1) is 30.4. The van der Waals surface area contributed by atoms with Crippen LogP contribution in [0.5, 0.6) is 0 Å². The number of rotatable bonds is 3. The fraction of sp³-hybridized carbons (Fsp3) is 0. The molecule has 10 aromatic rings. The molecule has 0 aliphatic heterocycles. The van der Waals surface area contributed by atoms with E-state index in [4.69, 9.17) is 0 Å². The van der Waals surface area contributed by atoms with Gasteiger partial charge in [-0.15, -0.1) is 0 Å². The van der Waals surface area contributed by atoms with Crippen molar-refractivity contribution in [3.05, 3.63) is 174 Å². The van der Waals surface area contributed by atoms with Crippen LogP contribution in [0.4, 0.5) is 0 Å². The van der Waals surface area contributed by atoms with Gasteiger partial charge < -0.3 is 19.2 Å². The van der Waals surface area contributed by atoms with Crippen LogP contribution in [0.25, 0.3) is 76.5 Å². The van der Waals surface area contributed by atoms with Gasteiger partial charge in [0.25, 0.3) is 0 Å². The predicted molar refractivity (Wildman–Crippen MR) is 214 cm³/mol. The average molecular weight is 709 g/mol. The monoisotopic (exact) mass is 708 g/mol. The average Bonchev–Trinajstić information content (AvgIpc) is 3.66. The van der Waals surface area contributed by atoms with E-state index in [0.717, 1.165) is 32.0 Å². The summed E-state index contributed by atoms with van der Waals surface area (Å²) < 4.78 is 5.73. The fourth-order valence-corrected chi connectivity index (χ4v) is 7.78. The second kappa shape index (κ2) is 12.3. The highest BCUT2D eigenvalue weighted by atomic mass is 79.9. The lowest BCUT2D eigenvalue weighted by Crippen LogP contribution is -2.29. The number of hydrogen-bond acceptors (Lipinski definition) is 2. The molecule has 0 saturated carbocycles. The molecule has 0 amide bonds. The van der Waals surface area contributed by atoms with E-state index in [9.17, 15) is 10.0 Å². The summed E-state index contributed by atoms with van der Waals surface area (Å²) in [5.74, 6) is 0. The van der Waals surface area contributed by atoms with Crippen LogP contribution in [0.1, 0.15) is 0 Å². The summed E-state index contributed by atoms with van der Waals surface area (Å²) >= 11 is 3.61. The van der Waals surface area contributed by atoms with Gasteiger partial charge in [0.1, 0.15) is 0 Å². The summed E-state index contributed by atoms with van der Waals surface area (Å²) in [5, 5.41) is 28.7. The summed E-state index contributed by atoms with van der Waals surface area (Å²) in [5.41, 5.74) is 7.46. The second-order valence-electron chi connectivity index (χ2n) is 12.5. The maximum Gasteiger partial charge on any atom is 0.488 e. The van der Waals surface area contributed by atoms with Crippen molar-refractivity contribution in [3.8, 4) is 11.4 Å².